The Bertz CT molecular complexity index is 534. The Hall–Kier alpha value is -1.76. The first kappa shape index (κ1) is 17.6. The van der Waals surface area contributed by atoms with Gasteiger partial charge in [0.2, 0.25) is 5.91 Å². The molecule has 0 bridgehead atoms. The van der Waals surface area contributed by atoms with Crippen LogP contribution in [0.5, 0.6) is 5.75 Å². The zero-order valence-electron chi connectivity index (χ0n) is 13.0. The Morgan fingerprint density at radius 2 is 2.13 bits per heavy atom. The van der Waals surface area contributed by atoms with Crippen molar-refractivity contribution < 1.29 is 22.7 Å². The average molecular weight is 330 g/mol. The summed E-state index contributed by atoms with van der Waals surface area (Å²) in [6.45, 7) is 1.45. The second kappa shape index (κ2) is 7.68. The van der Waals surface area contributed by atoms with Crippen LogP contribution in [0, 0.1) is 0 Å². The molecule has 0 radical (unpaired) electrons. The number of likely N-dealkylation sites (tertiary alicyclic amines) is 1. The number of carbonyl (C=O) groups excluding carboxylic acids is 1. The van der Waals surface area contributed by atoms with E-state index in [1.54, 1.807) is 12.1 Å². The first-order chi connectivity index (χ1) is 10.9. The highest BCUT2D eigenvalue weighted by atomic mass is 19.4. The quantitative estimate of drug-likeness (QED) is 0.872. The number of rotatable bonds is 6. The zero-order valence-corrected chi connectivity index (χ0v) is 13.0. The molecular formula is C16H21F3N2O2. The summed E-state index contributed by atoms with van der Waals surface area (Å²) in [5, 5.41) is 3.06. The van der Waals surface area contributed by atoms with Crippen molar-refractivity contribution in [1.29, 1.82) is 0 Å². The molecular weight excluding hydrogens is 309 g/mol. The number of halogens is 3. The molecule has 1 saturated heterocycles. The number of para-hydroxylation sites is 1. The van der Waals surface area contributed by atoms with Gasteiger partial charge in [-0.3, -0.25) is 4.79 Å². The van der Waals surface area contributed by atoms with Crippen LogP contribution in [0.3, 0.4) is 0 Å². The Kier molecular flexibility index (Phi) is 5.87. The number of nitrogens with zero attached hydrogens (tertiary/aromatic N) is 1. The van der Waals surface area contributed by atoms with Gasteiger partial charge in [-0.15, -0.1) is 13.2 Å². The maximum atomic E-state index is 12.4. The molecule has 0 aliphatic carbocycles. The molecule has 7 heteroatoms. The summed E-state index contributed by atoms with van der Waals surface area (Å²) in [4.78, 5) is 14.2. The Balaban J connectivity index is 1.96. The summed E-state index contributed by atoms with van der Waals surface area (Å²) < 4.78 is 41.2. The predicted molar refractivity (Wildman–Crippen MR) is 80.1 cm³/mol. The van der Waals surface area contributed by atoms with Crippen molar-refractivity contribution in [1.82, 2.24) is 10.2 Å². The van der Waals surface area contributed by atoms with E-state index in [0.717, 1.165) is 19.4 Å². The van der Waals surface area contributed by atoms with Crippen LogP contribution in [0.4, 0.5) is 13.2 Å². The number of hydrogen-bond donors (Lipinski definition) is 1. The summed E-state index contributed by atoms with van der Waals surface area (Å²) in [6, 6.07) is 6.13. The third-order valence-corrected chi connectivity index (χ3v) is 3.94. The molecule has 1 atom stereocenters. The minimum absolute atomic E-state index is 0.0236. The van der Waals surface area contributed by atoms with E-state index < -0.39 is 6.36 Å². The fourth-order valence-corrected chi connectivity index (χ4v) is 2.93. The molecule has 4 nitrogen and oxygen atoms in total. The van der Waals surface area contributed by atoms with E-state index in [4.69, 9.17) is 0 Å². The monoisotopic (exact) mass is 330 g/mol. The van der Waals surface area contributed by atoms with Crippen LogP contribution in [-0.4, -0.2) is 43.3 Å². The van der Waals surface area contributed by atoms with E-state index in [9.17, 15) is 18.0 Å². The van der Waals surface area contributed by atoms with Crippen LogP contribution in [0.1, 0.15) is 24.8 Å². The van der Waals surface area contributed by atoms with Gasteiger partial charge in [-0.2, -0.15) is 0 Å². The van der Waals surface area contributed by atoms with Crippen molar-refractivity contribution in [2.45, 2.75) is 38.1 Å². The lowest BCUT2D eigenvalue weighted by atomic mass is 10.1. The molecule has 1 heterocycles. The molecule has 128 valence electrons. The normalized spacial score (nSPS) is 18.3. The second-order valence-corrected chi connectivity index (χ2v) is 5.60. The van der Waals surface area contributed by atoms with Gasteiger partial charge in [0.15, 0.2) is 0 Å². The maximum Gasteiger partial charge on any atom is 0.573 e. The van der Waals surface area contributed by atoms with Gasteiger partial charge < -0.3 is 15.0 Å². The molecule has 1 aromatic carbocycles. The molecule has 1 aromatic rings. The molecule has 0 unspecified atom stereocenters. The van der Waals surface area contributed by atoms with Gasteiger partial charge in [0.1, 0.15) is 5.75 Å². The van der Waals surface area contributed by atoms with Crippen molar-refractivity contribution >= 4 is 5.91 Å². The molecule has 0 aromatic heterocycles. The molecule has 23 heavy (non-hydrogen) atoms. The molecule has 1 N–H and O–H groups in total. The molecule has 1 fully saturated rings. The lowest BCUT2D eigenvalue weighted by molar-refractivity contribution is -0.274. The lowest BCUT2D eigenvalue weighted by Gasteiger charge is -2.24. The number of amides is 1. The highest BCUT2D eigenvalue weighted by molar-refractivity contribution is 5.77. The summed E-state index contributed by atoms with van der Waals surface area (Å²) in [5.41, 5.74) is 0.391. The van der Waals surface area contributed by atoms with Crippen LogP contribution < -0.4 is 10.1 Å². The molecule has 2 rings (SSSR count). The van der Waals surface area contributed by atoms with E-state index in [-0.39, 0.29) is 30.5 Å². The fourth-order valence-electron chi connectivity index (χ4n) is 2.93. The van der Waals surface area contributed by atoms with E-state index >= 15 is 0 Å². The van der Waals surface area contributed by atoms with Crippen molar-refractivity contribution in [3.63, 3.8) is 0 Å². The van der Waals surface area contributed by atoms with Crippen molar-refractivity contribution in [2.24, 2.45) is 0 Å². The van der Waals surface area contributed by atoms with Crippen LogP contribution in [0.25, 0.3) is 0 Å². The summed E-state index contributed by atoms with van der Waals surface area (Å²) in [7, 11) is 1.84. The number of ether oxygens (including phenoxy) is 1. The van der Waals surface area contributed by atoms with E-state index in [0.29, 0.717) is 12.1 Å². The zero-order chi connectivity index (χ0) is 16.9. The van der Waals surface area contributed by atoms with Gasteiger partial charge >= 0.3 is 6.36 Å². The van der Waals surface area contributed by atoms with E-state index in [2.05, 4.69) is 10.1 Å². The number of nitrogens with one attached hydrogen (secondary N) is 1. The SMILES string of the molecule is CNC[C@@H]1CCCN1C(=O)CCc1ccccc1OC(F)(F)F. The smallest absolute Gasteiger partial charge is 0.406 e. The summed E-state index contributed by atoms with van der Waals surface area (Å²) >= 11 is 0. The number of hydrogen-bond acceptors (Lipinski definition) is 3. The number of aryl methyl sites for hydroxylation is 1. The standard InChI is InChI=1S/C16H21F3N2O2/c1-20-11-13-6-4-10-21(13)15(22)9-8-12-5-2-3-7-14(12)23-16(17,18)19/h2-3,5,7,13,20H,4,6,8-11H2,1H3/t13-/m0/s1. The number of alkyl halides is 3. The summed E-state index contributed by atoms with van der Waals surface area (Å²) in [5.74, 6) is -0.259. The second-order valence-electron chi connectivity index (χ2n) is 5.60. The van der Waals surface area contributed by atoms with Crippen LogP contribution in [0.2, 0.25) is 0 Å². The van der Waals surface area contributed by atoms with Gasteiger partial charge in [-0.1, -0.05) is 18.2 Å². The van der Waals surface area contributed by atoms with Gasteiger partial charge in [0.25, 0.3) is 0 Å². The number of likely N-dealkylation sites (N-methyl/N-ethyl adjacent to an activating group) is 1. The molecule has 0 spiro atoms. The predicted octanol–water partition coefficient (Wildman–Crippen LogP) is 2.73. The Morgan fingerprint density at radius 3 is 2.83 bits per heavy atom. The van der Waals surface area contributed by atoms with Gasteiger partial charge in [0, 0.05) is 25.6 Å². The summed E-state index contributed by atoms with van der Waals surface area (Å²) in [6.07, 6.45) is -2.40. The van der Waals surface area contributed by atoms with Crippen molar-refractivity contribution in [3.05, 3.63) is 29.8 Å². The van der Waals surface area contributed by atoms with Gasteiger partial charge in [-0.25, -0.2) is 0 Å². The largest absolute Gasteiger partial charge is 0.573 e. The highest BCUT2D eigenvalue weighted by Crippen LogP contribution is 2.27. The van der Waals surface area contributed by atoms with E-state index in [1.165, 1.54) is 12.1 Å². The third-order valence-electron chi connectivity index (χ3n) is 3.94. The van der Waals surface area contributed by atoms with E-state index in [1.807, 2.05) is 11.9 Å². The number of carbonyl (C=O) groups is 1. The van der Waals surface area contributed by atoms with Crippen LogP contribution in [0.15, 0.2) is 24.3 Å². The average Bonchev–Trinajstić information content (AvgIpc) is 2.93. The topological polar surface area (TPSA) is 41.6 Å². The van der Waals surface area contributed by atoms with Crippen LogP contribution in [-0.2, 0) is 11.2 Å². The molecule has 1 aliphatic heterocycles. The minimum Gasteiger partial charge on any atom is -0.406 e. The fraction of sp³-hybridized carbons (Fsp3) is 0.562. The lowest BCUT2D eigenvalue weighted by Crippen LogP contribution is -2.40. The Morgan fingerprint density at radius 1 is 1.39 bits per heavy atom. The third kappa shape index (κ3) is 5.13. The van der Waals surface area contributed by atoms with Gasteiger partial charge in [0.05, 0.1) is 0 Å². The maximum absolute atomic E-state index is 12.4. The van der Waals surface area contributed by atoms with Crippen molar-refractivity contribution in [2.75, 3.05) is 20.1 Å². The van der Waals surface area contributed by atoms with Crippen molar-refractivity contribution in [3.8, 4) is 5.75 Å². The number of benzene rings is 1. The first-order valence-corrected chi connectivity index (χ1v) is 7.68. The molecule has 0 saturated carbocycles. The highest BCUT2D eigenvalue weighted by Gasteiger charge is 2.32. The molecule has 1 amide bonds. The minimum atomic E-state index is -4.73. The Labute approximate surface area is 133 Å². The van der Waals surface area contributed by atoms with Crippen LogP contribution >= 0.6 is 0 Å². The molecule has 1 aliphatic rings. The first-order valence-electron chi connectivity index (χ1n) is 7.68. The van der Waals surface area contributed by atoms with Gasteiger partial charge in [-0.05, 0) is 37.9 Å².